The van der Waals surface area contributed by atoms with Gasteiger partial charge in [-0.05, 0) is 16.7 Å². The summed E-state index contributed by atoms with van der Waals surface area (Å²) in [6.07, 6.45) is 0.352. The summed E-state index contributed by atoms with van der Waals surface area (Å²) in [5.41, 5.74) is 9.23. The molecule has 2 nitrogen and oxygen atoms in total. The molecule has 0 aliphatic rings. The predicted octanol–water partition coefficient (Wildman–Crippen LogP) is 3.27. The zero-order chi connectivity index (χ0) is 12.1. The molecule has 2 heteroatoms. The van der Waals surface area contributed by atoms with E-state index >= 15 is 0 Å². The number of benzene rings is 2. The van der Waals surface area contributed by atoms with Gasteiger partial charge in [-0.15, -0.1) is 0 Å². The molecule has 0 bridgehead atoms. The topological polar surface area (TPSA) is 49.8 Å². The van der Waals surface area contributed by atoms with E-state index in [1.165, 1.54) is 11.1 Å². The van der Waals surface area contributed by atoms with E-state index in [-0.39, 0.29) is 6.04 Å². The summed E-state index contributed by atoms with van der Waals surface area (Å²) < 4.78 is 0. The first kappa shape index (κ1) is 11.4. The second kappa shape index (κ2) is 5.29. The minimum Gasteiger partial charge on any atom is -0.323 e. The monoisotopic (exact) mass is 222 g/mol. The Morgan fingerprint density at radius 1 is 0.941 bits per heavy atom. The molecule has 0 aliphatic heterocycles. The summed E-state index contributed by atoms with van der Waals surface area (Å²) in [6, 6.07) is 20.2. The third-order valence-electron chi connectivity index (χ3n) is 2.76. The van der Waals surface area contributed by atoms with E-state index < -0.39 is 0 Å². The van der Waals surface area contributed by atoms with Crippen LogP contribution < -0.4 is 5.73 Å². The van der Waals surface area contributed by atoms with Crippen LogP contribution in [0, 0.1) is 11.3 Å². The first-order valence-corrected chi connectivity index (χ1v) is 5.59. The molecular weight excluding hydrogens is 208 g/mol. The van der Waals surface area contributed by atoms with Crippen LogP contribution in [0.25, 0.3) is 11.1 Å². The second-order valence-electron chi connectivity index (χ2n) is 3.96. The summed E-state index contributed by atoms with van der Waals surface area (Å²) in [4.78, 5) is 0. The van der Waals surface area contributed by atoms with E-state index in [0.717, 1.165) is 5.56 Å². The molecule has 1 atom stereocenters. The maximum absolute atomic E-state index is 8.60. The number of rotatable bonds is 3. The Morgan fingerprint density at radius 3 is 2.12 bits per heavy atom. The van der Waals surface area contributed by atoms with E-state index in [1.807, 2.05) is 42.5 Å². The molecule has 0 aromatic heterocycles. The molecular formula is C15H14N2. The van der Waals surface area contributed by atoms with Crippen molar-refractivity contribution in [1.29, 1.82) is 5.26 Å². The Hall–Kier alpha value is -2.11. The normalized spacial score (nSPS) is 11.8. The first-order chi connectivity index (χ1) is 8.31. The summed E-state index contributed by atoms with van der Waals surface area (Å²) in [6.45, 7) is 0. The average Bonchev–Trinajstić information content (AvgIpc) is 2.40. The maximum atomic E-state index is 8.60. The fourth-order valence-electron chi connectivity index (χ4n) is 1.77. The van der Waals surface area contributed by atoms with Gasteiger partial charge in [0, 0.05) is 6.04 Å². The standard InChI is InChI=1S/C15H14N2/c16-11-10-15(17)14-8-6-13(7-9-14)12-4-2-1-3-5-12/h1-9,15H,10,17H2/t15-/m1/s1. The molecule has 0 radical (unpaired) electrons. The molecule has 0 unspecified atom stereocenters. The lowest BCUT2D eigenvalue weighted by atomic mass is 10.00. The van der Waals surface area contributed by atoms with Gasteiger partial charge >= 0.3 is 0 Å². The lowest BCUT2D eigenvalue weighted by Crippen LogP contribution is -2.08. The van der Waals surface area contributed by atoms with E-state index in [0.29, 0.717) is 6.42 Å². The molecule has 0 saturated heterocycles. The van der Waals surface area contributed by atoms with Gasteiger partial charge in [-0.2, -0.15) is 5.26 Å². The Bertz CT molecular complexity index is 509. The fraction of sp³-hybridized carbons (Fsp3) is 0.133. The van der Waals surface area contributed by atoms with Crippen molar-refractivity contribution in [2.75, 3.05) is 0 Å². The van der Waals surface area contributed by atoms with E-state index in [2.05, 4.69) is 18.2 Å². The maximum Gasteiger partial charge on any atom is 0.0641 e. The zero-order valence-corrected chi connectivity index (χ0v) is 9.51. The van der Waals surface area contributed by atoms with Crippen LogP contribution in [0.3, 0.4) is 0 Å². The Labute approximate surface area is 101 Å². The van der Waals surface area contributed by atoms with Crippen LogP contribution in [0.2, 0.25) is 0 Å². The van der Waals surface area contributed by atoms with Crippen molar-refractivity contribution in [3.05, 3.63) is 60.2 Å². The molecule has 2 aromatic rings. The molecule has 2 rings (SSSR count). The fourth-order valence-corrected chi connectivity index (χ4v) is 1.77. The van der Waals surface area contributed by atoms with Crippen LogP contribution in [0.5, 0.6) is 0 Å². The van der Waals surface area contributed by atoms with Crippen molar-refractivity contribution in [3.63, 3.8) is 0 Å². The minimum absolute atomic E-state index is 0.190. The van der Waals surface area contributed by atoms with E-state index in [4.69, 9.17) is 11.0 Å². The summed E-state index contributed by atoms with van der Waals surface area (Å²) >= 11 is 0. The van der Waals surface area contributed by atoms with Crippen LogP contribution >= 0.6 is 0 Å². The molecule has 84 valence electrons. The molecule has 2 N–H and O–H groups in total. The first-order valence-electron chi connectivity index (χ1n) is 5.59. The molecule has 0 amide bonds. The number of hydrogen-bond acceptors (Lipinski definition) is 2. The Kier molecular flexibility index (Phi) is 3.54. The lowest BCUT2D eigenvalue weighted by molar-refractivity contribution is 0.749. The Balaban J connectivity index is 2.22. The molecule has 0 aliphatic carbocycles. The van der Waals surface area contributed by atoms with Gasteiger partial charge in [-0.1, -0.05) is 54.6 Å². The highest BCUT2D eigenvalue weighted by atomic mass is 14.6. The third-order valence-corrected chi connectivity index (χ3v) is 2.76. The van der Waals surface area contributed by atoms with Crippen LogP contribution in [-0.4, -0.2) is 0 Å². The van der Waals surface area contributed by atoms with E-state index in [9.17, 15) is 0 Å². The summed E-state index contributed by atoms with van der Waals surface area (Å²) in [5, 5.41) is 8.60. The van der Waals surface area contributed by atoms with E-state index in [1.54, 1.807) is 0 Å². The average molecular weight is 222 g/mol. The smallest absolute Gasteiger partial charge is 0.0641 e. The van der Waals surface area contributed by atoms with Crippen molar-refractivity contribution in [3.8, 4) is 17.2 Å². The molecule has 0 fully saturated rings. The lowest BCUT2D eigenvalue weighted by Gasteiger charge is -2.08. The summed E-state index contributed by atoms with van der Waals surface area (Å²) in [5.74, 6) is 0. The number of nitrogens with zero attached hydrogens (tertiary/aromatic N) is 1. The van der Waals surface area contributed by atoms with Gasteiger partial charge in [0.15, 0.2) is 0 Å². The van der Waals surface area contributed by atoms with Crippen molar-refractivity contribution >= 4 is 0 Å². The zero-order valence-electron chi connectivity index (χ0n) is 9.51. The summed E-state index contributed by atoms with van der Waals surface area (Å²) in [7, 11) is 0. The Morgan fingerprint density at radius 2 is 1.53 bits per heavy atom. The SMILES string of the molecule is N#CC[C@@H](N)c1ccc(-c2ccccc2)cc1. The molecule has 0 saturated carbocycles. The highest BCUT2D eigenvalue weighted by Gasteiger charge is 2.05. The van der Waals surface area contributed by atoms with Gasteiger partial charge in [0.1, 0.15) is 0 Å². The number of nitrogens with two attached hydrogens (primary N) is 1. The number of nitriles is 1. The highest BCUT2D eigenvalue weighted by molar-refractivity contribution is 5.63. The van der Waals surface area contributed by atoms with Crippen molar-refractivity contribution in [2.24, 2.45) is 5.73 Å². The van der Waals surface area contributed by atoms with Crippen LogP contribution in [0.4, 0.5) is 0 Å². The van der Waals surface area contributed by atoms with Gasteiger partial charge in [-0.25, -0.2) is 0 Å². The number of hydrogen-bond donors (Lipinski definition) is 1. The van der Waals surface area contributed by atoms with Gasteiger partial charge in [-0.3, -0.25) is 0 Å². The molecule has 17 heavy (non-hydrogen) atoms. The molecule has 2 aromatic carbocycles. The van der Waals surface area contributed by atoms with Crippen molar-refractivity contribution in [1.82, 2.24) is 0 Å². The van der Waals surface area contributed by atoms with Crippen molar-refractivity contribution in [2.45, 2.75) is 12.5 Å². The largest absolute Gasteiger partial charge is 0.323 e. The van der Waals surface area contributed by atoms with Gasteiger partial charge in [0.2, 0.25) is 0 Å². The molecule has 0 heterocycles. The quantitative estimate of drug-likeness (QED) is 0.866. The second-order valence-corrected chi connectivity index (χ2v) is 3.96. The van der Waals surface area contributed by atoms with Crippen molar-refractivity contribution < 1.29 is 0 Å². The highest BCUT2D eigenvalue weighted by Crippen LogP contribution is 2.21. The minimum atomic E-state index is -0.190. The molecule has 0 spiro atoms. The van der Waals surface area contributed by atoms with Gasteiger partial charge in [0.05, 0.1) is 12.5 Å². The van der Waals surface area contributed by atoms with Crippen LogP contribution in [0.15, 0.2) is 54.6 Å². The third kappa shape index (κ3) is 2.72. The van der Waals surface area contributed by atoms with Crippen LogP contribution in [-0.2, 0) is 0 Å². The van der Waals surface area contributed by atoms with Gasteiger partial charge in [0.25, 0.3) is 0 Å². The van der Waals surface area contributed by atoms with Gasteiger partial charge < -0.3 is 5.73 Å². The van der Waals surface area contributed by atoms with Crippen LogP contribution in [0.1, 0.15) is 18.0 Å². The predicted molar refractivity (Wildman–Crippen MR) is 69.0 cm³/mol.